The molecule has 4 rings (SSSR count). The van der Waals surface area contributed by atoms with Crippen LogP contribution >= 0.6 is 0 Å². The SMILES string of the molecule is COc1cc(Oc2ccc(C(=O)N(C3CCCCC3)C3CCCC3)cc2C)cc(OC)c1OC. The summed E-state index contributed by atoms with van der Waals surface area (Å²) in [6.07, 6.45) is 10.7. The maximum Gasteiger partial charge on any atom is 0.254 e. The van der Waals surface area contributed by atoms with Crippen LogP contribution in [0.3, 0.4) is 0 Å². The van der Waals surface area contributed by atoms with E-state index in [1.54, 1.807) is 33.5 Å². The predicted molar refractivity (Wildman–Crippen MR) is 133 cm³/mol. The number of hydrogen-bond acceptors (Lipinski definition) is 5. The van der Waals surface area contributed by atoms with Crippen LogP contribution in [0.2, 0.25) is 0 Å². The molecule has 1 amide bonds. The van der Waals surface area contributed by atoms with Crippen molar-refractivity contribution in [1.29, 1.82) is 0 Å². The van der Waals surface area contributed by atoms with E-state index >= 15 is 0 Å². The smallest absolute Gasteiger partial charge is 0.254 e. The van der Waals surface area contributed by atoms with Crippen molar-refractivity contribution in [3.8, 4) is 28.7 Å². The Hall–Kier alpha value is -2.89. The van der Waals surface area contributed by atoms with Crippen LogP contribution in [0.25, 0.3) is 0 Å². The van der Waals surface area contributed by atoms with Crippen LogP contribution in [0.4, 0.5) is 0 Å². The number of nitrogens with zero attached hydrogens (tertiary/aromatic N) is 1. The minimum atomic E-state index is 0.168. The summed E-state index contributed by atoms with van der Waals surface area (Å²) in [5, 5.41) is 0. The molecule has 0 N–H and O–H groups in total. The Morgan fingerprint density at radius 3 is 1.82 bits per heavy atom. The minimum absolute atomic E-state index is 0.168. The zero-order valence-electron chi connectivity index (χ0n) is 20.9. The Balaban J connectivity index is 1.57. The fourth-order valence-electron chi connectivity index (χ4n) is 5.46. The lowest BCUT2D eigenvalue weighted by atomic mass is 9.92. The van der Waals surface area contributed by atoms with Crippen molar-refractivity contribution in [2.24, 2.45) is 0 Å². The fourth-order valence-corrected chi connectivity index (χ4v) is 5.46. The molecule has 34 heavy (non-hydrogen) atoms. The second-order valence-corrected chi connectivity index (χ2v) is 9.39. The summed E-state index contributed by atoms with van der Waals surface area (Å²) < 4.78 is 22.4. The molecule has 0 spiro atoms. The highest BCUT2D eigenvalue weighted by molar-refractivity contribution is 5.95. The summed E-state index contributed by atoms with van der Waals surface area (Å²) in [7, 11) is 4.73. The fraction of sp³-hybridized carbons (Fsp3) is 0.536. The molecule has 0 aromatic heterocycles. The molecule has 6 nitrogen and oxygen atoms in total. The summed E-state index contributed by atoms with van der Waals surface area (Å²) in [5.74, 6) is 3.01. The van der Waals surface area contributed by atoms with Gasteiger partial charge < -0.3 is 23.8 Å². The number of methoxy groups -OCH3 is 3. The van der Waals surface area contributed by atoms with Crippen LogP contribution in [0.15, 0.2) is 30.3 Å². The molecule has 0 aliphatic heterocycles. The summed E-state index contributed by atoms with van der Waals surface area (Å²) in [6.45, 7) is 1.98. The molecule has 0 unspecified atom stereocenters. The van der Waals surface area contributed by atoms with Crippen LogP contribution in [0, 0.1) is 6.92 Å². The first kappa shape index (κ1) is 24.2. The van der Waals surface area contributed by atoms with Gasteiger partial charge in [-0.25, -0.2) is 0 Å². The summed E-state index contributed by atoms with van der Waals surface area (Å²) in [6, 6.07) is 10.0. The zero-order valence-corrected chi connectivity index (χ0v) is 20.9. The maximum absolute atomic E-state index is 13.7. The molecule has 0 radical (unpaired) electrons. The van der Waals surface area contributed by atoms with Gasteiger partial charge in [-0.2, -0.15) is 0 Å². The van der Waals surface area contributed by atoms with Crippen molar-refractivity contribution in [2.75, 3.05) is 21.3 Å². The van der Waals surface area contributed by atoms with E-state index in [1.807, 2.05) is 25.1 Å². The highest BCUT2D eigenvalue weighted by Crippen LogP contribution is 2.42. The van der Waals surface area contributed by atoms with Crippen molar-refractivity contribution in [3.05, 3.63) is 41.5 Å². The molecule has 2 aliphatic carbocycles. The molecular weight excluding hydrogens is 430 g/mol. The van der Waals surface area contributed by atoms with E-state index in [1.165, 1.54) is 32.1 Å². The third-order valence-corrected chi connectivity index (χ3v) is 7.21. The van der Waals surface area contributed by atoms with Gasteiger partial charge in [-0.05, 0) is 56.4 Å². The molecule has 2 saturated carbocycles. The van der Waals surface area contributed by atoms with E-state index in [2.05, 4.69) is 4.90 Å². The molecular formula is C28H37NO5. The lowest BCUT2D eigenvalue weighted by Gasteiger charge is -2.39. The second-order valence-electron chi connectivity index (χ2n) is 9.39. The maximum atomic E-state index is 13.7. The third kappa shape index (κ3) is 5.11. The predicted octanol–water partition coefficient (Wildman–Crippen LogP) is 6.53. The largest absolute Gasteiger partial charge is 0.493 e. The molecule has 2 aromatic rings. The Bertz CT molecular complexity index is 967. The van der Waals surface area contributed by atoms with E-state index in [0.29, 0.717) is 40.8 Å². The first-order valence-corrected chi connectivity index (χ1v) is 12.5. The highest BCUT2D eigenvalue weighted by atomic mass is 16.5. The molecule has 2 aliphatic rings. The van der Waals surface area contributed by atoms with Crippen LogP contribution in [-0.4, -0.2) is 44.2 Å². The van der Waals surface area contributed by atoms with E-state index in [-0.39, 0.29) is 5.91 Å². The second kappa shape index (κ2) is 11.0. The van der Waals surface area contributed by atoms with E-state index in [0.717, 1.165) is 36.8 Å². The lowest BCUT2D eigenvalue weighted by molar-refractivity contribution is 0.0518. The summed E-state index contributed by atoms with van der Waals surface area (Å²) >= 11 is 0. The van der Waals surface area contributed by atoms with Gasteiger partial charge in [-0.1, -0.05) is 32.1 Å². The van der Waals surface area contributed by atoms with Crippen molar-refractivity contribution in [1.82, 2.24) is 4.90 Å². The van der Waals surface area contributed by atoms with Crippen LogP contribution in [-0.2, 0) is 0 Å². The van der Waals surface area contributed by atoms with Crippen molar-refractivity contribution in [2.45, 2.75) is 76.8 Å². The van der Waals surface area contributed by atoms with Gasteiger partial charge in [0, 0.05) is 29.8 Å². The minimum Gasteiger partial charge on any atom is -0.493 e. The molecule has 0 bridgehead atoms. The normalized spacial score (nSPS) is 16.8. The molecule has 2 fully saturated rings. The number of carbonyl (C=O) groups is 1. The van der Waals surface area contributed by atoms with Crippen LogP contribution in [0.5, 0.6) is 28.7 Å². The number of aryl methyl sites for hydroxylation is 1. The zero-order chi connectivity index (χ0) is 24.1. The van der Waals surface area contributed by atoms with Crippen molar-refractivity contribution >= 4 is 5.91 Å². The van der Waals surface area contributed by atoms with Crippen LogP contribution < -0.4 is 18.9 Å². The Morgan fingerprint density at radius 1 is 0.765 bits per heavy atom. The van der Waals surface area contributed by atoms with Crippen LogP contribution in [0.1, 0.15) is 73.7 Å². The number of rotatable bonds is 8. The van der Waals surface area contributed by atoms with E-state index in [9.17, 15) is 4.79 Å². The molecule has 0 saturated heterocycles. The van der Waals surface area contributed by atoms with Gasteiger partial charge in [0.15, 0.2) is 11.5 Å². The molecule has 6 heteroatoms. The van der Waals surface area contributed by atoms with Crippen molar-refractivity contribution in [3.63, 3.8) is 0 Å². The number of hydrogen-bond donors (Lipinski definition) is 0. The Morgan fingerprint density at radius 2 is 1.32 bits per heavy atom. The quantitative estimate of drug-likeness (QED) is 0.442. The van der Waals surface area contributed by atoms with Gasteiger partial charge in [-0.15, -0.1) is 0 Å². The average molecular weight is 468 g/mol. The highest BCUT2D eigenvalue weighted by Gasteiger charge is 2.34. The van der Waals surface area contributed by atoms with Crippen molar-refractivity contribution < 1.29 is 23.7 Å². The third-order valence-electron chi connectivity index (χ3n) is 7.21. The summed E-state index contributed by atoms with van der Waals surface area (Å²) in [4.78, 5) is 16.0. The first-order valence-electron chi connectivity index (χ1n) is 12.5. The first-order chi connectivity index (χ1) is 16.5. The Labute approximate surface area is 203 Å². The van der Waals surface area contributed by atoms with Gasteiger partial charge in [0.2, 0.25) is 5.75 Å². The number of benzene rings is 2. The monoisotopic (exact) mass is 467 g/mol. The average Bonchev–Trinajstić information content (AvgIpc) is 3.39. The van der Waals surface area contributed by atoms with E-state index in [4.69, 9.17) is 18.9 Å². The standard InChI is InChI=1S/C28H37NO5/c1-19-16-20(28(30)29(22-12-8-9-13-22)21-10-6-5-7-11-21)14-15-24(19)34-23-17-25(31-2)27(33-4)26(18-23)32-3/h14-18,21-22H,5-13H2,1-4H3. The van der Waals surface area contributed by atoms with Gasteiger partial charge in [0.05, 0.1) is 21.3 Å². The van der Waals surface area contributed by atoms with E-state index < -0.39 is 0 Å². The number of amides is 1. The Kier molecular flexibility index (Phi) is 7.86. The lowest BCUT2D eigenvalue weighted by Crippen LogP contribution is -2.47. The van der Waals surface area contributed by atoms with Gasteiger partial charge >= 0.3 is 0 Å². The molecule has 0 atom stereocenters. The molecule has 184 valence electrons. The van der Waals surface area contributed by atoms with Gasteiger partial charge in [0.25, 0.3) is 5.91 Å². The topological polar surface area (TPSA) is 57.2 Å². The molecule has 2 aromatic carbocycles. The summed E-state index contributed by atoms with van der Waals surface area (Å²) in [5.41, 5.74) is 1.65. The molecule has 0 heterocycles. The number of ether oxygens (including phenoxy) is 4. The number of carbonyl (C=O) groups excluding carboxylic acids is 1. The van der Waals surface area contributed by atoms with Gasteiger partial charge in [0.1, 0.15) is 11.5 Å². The van der Waals surface area contributed by atoms with Gasteiger partial charge in [-0.3, -0.25) is 4.79 Å².